The lowest BCUT2D eigenvalue weighted by Crippen LogP contribution is -2.06. The summed E-state index contributed by atoms with van der Waals surface area (Å²) in [7, 11) is 0. The largest absolute Gasteiger partial charge is 0.332 e. The average molecular weight is 198 g/mol. The van der Waals surface area contributed by atoms with Crippen molar-refractivity contribution in [2.45, 2.75) is 20.0 Å². The Labute approximate surface area is 89.7 Å². The fourth-order valence-corrected chi connectivity index (χ4v) is 1.78. The number of para-hydroxylation sites is 1. The molecular formula is C13H14N2. The summed E-state index contributed by atoms with van der Waals surface area (Å²) in [6.45, 7) is 3.13. The number of rotatable bonds is 2. The number of nitrogens with two attached hydrogens (primary N) is 1. The van der Waals surface area contributed by atoms with Crippen molar-refractivity contribution in [2.24, 2.45) is 5.73 Å². The Balaban J connectivity index is 2.59. The highest BCUT2D eigenvalue weighted by Gasteiger charge is 2.04. The topological polar surface area (TPSA) is 30.9 Å². The molecule has 0 radical (unpaired) electrons. The van der Waals surface area contributed by atoms with Gasteiger partial charge in [0.1, 0.15) is 0 Å². The Morgan fingerprint density at radius 1 is 1.33 bits per heavy atom. The molecule has 2 nitrogen and oxygen atoms in total. The average Bonchev–Trinajstić information content (AvgIpc) is 2.64. The van der Waals surface area contributed by atoms with Crippen LogP contribution in [0.15, 0.2) is 30.3 Å². The maximum atomic E-state index is 5.72. The Kier molecular flexibility index (Phi) is 2.75. The molecule has 0 bridgehead atoms. The van der Waals surface area contributed by atoms with Gasteiger partial charge in [-0.3, -0.25) is 0 Å². The lowest BCUT2D eigenvalue weighted by molar-refractivity contribution is 0.799. The third-order valence-corrected chi connectivity index (χ3v) is 2.52. The number of hydrogen-bond donors (Lipinski definition) is 1. The summed E-state index contributed by atoms with van der Waals surface area (Å²) in [6.07, 6.45) is 0. The van der Waals surface area contributed by atoms with Crippen molar-refractivity contribution < 1.29 is 0 Å². The normalized spacial score (nSPS) is 10.0. The molecule has 0 atom stereocenters. The van der Waals surface area contributed by atoms with Gasteiger partial charge in [-0.15, -0.1) is 5.92 Å². The van der Waals surface area contributed by atoms with E-state index < -0.39 is 0 Å². The quantitative estimate of drug-likeness (QED) is 0.736. The van der Waals surface area contributed by atoms with Crippen LogP contribution in [0.2, 0.25) is 0 Å². The van der Waals surface area contributed by atoms with Crippen LogP contribution in [-0.4, -0.2) is 4.57 Å². The van der Waals surface area contributed by atoms with E-state index in [-0.39, 0.29) is 0 Å². The molecule has 0 fully saturated rings. The first-order chi connectivity index (χ1) is 7.36. The Morgan fingerprint density at radius 2 is 2.13 bits per heavy atom. The molecule has 0 aliphatic heterocycles. The van der Waals surface area contributed by atoms with Crippen molar-refractivity contribution in [3.05, 3.63) is 36.0 Å². The van der Waals surface area contributed by atoms with E-state index in [4.69, 9.17) is 5.73 Å². The third kappa shape index (κ3) is 1.74. The minimum atomic E-state index is 0.556. The second-order valence-electron chi connectivity index (χ2n) is 3.41. The Morgan fingerprint density at radius 3 is 2.87 bits per heavy atom. The maximum Gasteiger partial charge on any atom is 0.0840 e. The summed E-state index contributed by atoms with van der Waals surface area (Å²) in [5.74, 6) is 5.99. The lowest BCUT2D eigenvalue weighted by atomic mass is 10.2. The number of fused-ring (bicyclic) bond motifs is 1. The molecule has 0 saturated heterocycles. The first-order valence-corrected chi connectivity index (χ1v) is 5.03. The van der Waals surface area contributed by atoms with E-state index in [2.05, 4.69) is 34.6 Å². The highest BCUT2D eigenvalue weighted by molar-refractivity contribution is 5.81. The van der Waals surface area contributed by atoms with Gasteiger partial charge in [0.2, 0.25) is 0 Å². The van der Waals surface area contributed by atoms with E-state index in [1.165, 1.54) is 10.9 Å². The van der Waals surface area contributed by atoms with Crippen LogP contribution in [0.25, 0.3) is 10.9 Å². The number of aromatic nitrogens is 1. The van der Waals surface area contributed by atoms with Gasteiger partial charge in [0, 0.05) is 17.8 Å². The van der Waals surface area contributed by atoms with Crippen molar-refractivity contribution in [1.82, 2.24) is 4.57 Å². The van der Waals surface area contributed by atoms with Crippen LogP contribution >= 0.6 is 0 Å². The molecule has 76 valence electrons. The van der Waals surface area contributed by atoms with Crippen molar-refractivity contribution >= 4 is 10.9 Å². The predicted molar refractivity (Wildman–Crippen MR) is 63.3 cm³/mol. The first kappa shape index (κ1) is 9.82. The van der Waals surface area contributed by atoms with Gasteiger partial charge in [0.15, 0.2) is 0 Å². The van der Waals surface area contributed by atoms with Gasteiger partial charge in [0.25, 0.3) is 0 Å². The highest BCUT2D eigenvalue weighted by Crippen LogP contribution is 2.19. The van der Waals surface area contributed by atoms with Gasteiger partial charge < -0.3 is 10.3 Å². The molecule has 0 aliphatic rings. The number of nitrogens with zero attached hydrogens (tertiary/aromatic N) is 1. The smallest absolute Gasteiger partial charge is 0.0840 e. The van der Waals surface area contributed by atoms with Gasteiger partial charge in [0.05, 0.1) is 6.54 Å². The molecule has 0 unspecified atom stereocenters. The van der Waals surface area contributed by atoms with Crippen LogP contribution in [0.1, 0.15) is 12.6 Å². The van der Waals surface area contributed by atoms with Crippen molar-refractivity contribution in [3.63, 3.8) is 0 Å². The minimum Gasteiger partial charge on any atom is -0.332 e. The number of hydrogen-bond acceptors (Lipinski definition) is 1. The summed E-state index contributed by atoms with van der Waals surface area (Å²) in [6, 6.07) is 10.4. The summed E-state index contributed by atoms with van der Waals surface area (Å²) in [5, 5.41) is 1.23. The fourth-order valence-electron chi connectivity index (χ4n) is 1.78. The summed E-state index contributed by atoms with van der Waals surface area (Å²) >= 11 is 0. The zero-order chi connectivity index (χ0) is 10.7. The molecule has 1 aromatic heterocycles. The van der Waals surface area contributed by atoms with Crippen LogP contribution in [0.4, 0.5) is 0 Å². The van der Waals surface area contributed by atoms with Crippen molar-refractivity contribution in [3.8, 4) is 11.8 Å². The Bertz CT molecular complexity index is 526. The molecule has 15 heavy (non-hydrogen) atoms. The molecule has 0 aliphatic carbocycles. The molecule has 2 heteroatoms. The fraction of sp³-hybridized carbons (Fsp3) is 0.231. The van der Waals surface area contributed by atoms with Crippen molar-refractivity contribution in [1.29, 1.82) is 0 Å². The molecule has 1 aromatic carbocycles. The second kappa shape index (κ2) is 4.20. The molecule has 0 amide bonds. The zero-order valence-electron chi connectivity index (χ0n) is 8.83. The SMILES string of the molecule is CC#CCn1c(CN)cc2ccccc21. The van der Waals surface area contributed by atoms with Crippen LogP contribution in [0.5, 0.6) is 0 Å². The maximum absolute atomic E-state index is 5.72. The molecular weight excluding hydrogens is 184 g/mol. The number of benzene rings is 1. The minimum absolute atomic E-state index is 0.556. The zero-order valence-corrected chi connectivity index (χ0v) is 8.83. The molecule has 0 saturated carbocycles. The monoisotopic (exact) mass is 198 g/mol. The Hall–Kier alpha value is -1.72. The van der Waals surface area contributed by atoms with Crippen molar-refractivity contribution in [2.75, 3.05) is 0 Å². The summed E-state index contributed by atoms with van der Waals surface area (Å²) in [4.78, 5) is 0. The van der Waals surface area contributed by atoms with Crippen LogP contribution < -0.4 is 5.73 Å². The first-order valence-electron chi connectivity index (χ1n) is 5.03. The van der Waals surface area contributed by atoms with Crippen LogP contribution in [0.3, 0.4) is 0 Å². The lowest BCUT2D eigenvalue weighted by Gasteiger charge is -2.04. The molecule has 2 rings (SSSR count). The van der Waals surface area contributed by atoms with Gasteiger partial charge in [-0.05, 0) is 24.4 Å². The summed E-state index contributed by atoms with van der Waals surface area (Å²) < 4.78 is 2.17. The van der Waals surface area contributed by atoms with Crippen LogP contribution in [-0.2, 0) is 13.1 Å². The van der Waals surface area contributed by atoms with E-state index in [0.717, 1.165) is 12.2 Å². The summed E-state index contributed by atoms with van der Waals surface area (Å²) in [5.41, 5.74) is 8.06. The van der Waals surface area contributed by atoms with Gasteiger partial charge in [-0.1, -0.05) is 24.1 Å². The van der Waals surface area contributed by atoms with E-state index in [1.807, 2.05) is 19.1 Å². The molecule has 2 N–H and O–H groups in total. The molecule has 2 aromatic rings. The predicted octanol–water partition coefficient (Wildman–Crippen LogP) is 2.12. The van der Waals surface area contributed by atoms with Crippen LogP contribution in [0, 0.1) is 11.8 Å². The molecule has 0 spiro atoms. The third-order valence-electron chi connectivity index (χ3n) is 2.52. The van der Waals surface area contributed by atoms with E-state index in [9.17, 15) is 0 Å². The molecule has 1 heterocycles. The standard InChI is InChI=1S/C13H14N2/c1-2-3-8-15-12(10-14)9-11-6-4-5-7-13(11)15/h4-7,9H,8,10,14H2,1H3. The van der Waals surface area contributed by atoms with Gasteiger partial charge in [-0.25, -0.2) is 0 Å². The highest BCUT2D eigenvalue weighted by atomic mass is 15.0. The van der Waals surface area contributed by atoms with E-state index >= 15 is 0 Å². The van der Waals surface area contributed by atoms with E-state index in [1.54, 1.807) is 0 Å². The second-order valence-corrected chi connectivity index (χ2v) is 3.41. The van der Waals surface area contributed by atoms with Gasteiger partial charge in [-0.2, -0.15) is 0 Å². The van der Waals surface area contributed by atoms with E-state index in [0.29, 0.717) is 6.54 Å². The van der Waals surface area contributed by atoms with Gasteiger partial charge >= 0.3 is 0 Å².